The number of halogens is 5. The van der Waals surface area contributed by atoms with Crippen molar-refractivity contribution in [3.63, 3.8) is 0 Å². The monoisotopic (exact) mass is 429 g/mol. The van der Waals surface area contributed by atoms with E-state index >= 15 is 0 Å². The molecule has 0 saturated heterocycles. The number of carbonyl (C=O) groups excluding carboxylic acids is 1. The normalized spacial score (nSPS) is 12.3. The molecule has 0 aliphatic carbocycles. The number of nitrogens with one attached hydrogen (secondary N) is 1. The summed E-state index contributed by atoms with van der Waals surface area (Å²) in [6, 6.07) is 3.52. The van der Waals surface area contributed by atoms with Crippen LogP contribution in [0.3, 0.4) is 0 Å². The van der Waals surface area contributed by atoms with Gasteiger partial charge in [0.05, 0.1) is 11.1 Å². The molecule has 1 aromatic rings. The maximum absolute atomic E-state index is 13.0. The molecule has 0 atom stereocenters. The fourth-order valence-electron chi connectivity index (χ4n) is 1.71. The summed E-state index contributed by atoms with van der Waals surface area (Å²) in [5, 5.41) is 3.35. The lowest BCUT2D eigenvalue weighted by Gasteiger charge is -2.24. The third-order valence-electron chi connectivity index (χ3n) is 3.03. The minimum atomic E-state index is -4.57. The van der Waals surface area contributed by atoms with Gasteiger partial charge < -0.3 is 5.32 Å². The standard InChI is InChI=1S/C14H16Br2F3NO/c1-13(2,5-6-15)8-20-12(21)10-4-3-9(16)7-11(10)14(17,18)19/h3-4,7H,5-6,8H2,1-2H3,(H,20,21). The van der Waals surface area contributed by atoms with Gasteiger partial charge in [-0.15, -0.1) is 0 Å². The summed E-state index contributed by atoms with van der Waals surface area (Å²) < 4.78 is 39.2. The van der Waals surface area contributed by atoms with Crippen LogP contribution in [0.25, 0.3) is 0 Å². The summed E-state index contributed by atoms with van der Waals surface area (Å²) in [4.78, 5) is 12.0. The molecule has 1 aromatic carbocycles. The molecule has 0 fully saturated rings. The second-order valence-corrected chi connectivity index (χ2v) is 7.18. The molecule has 0 saturated carbocycles. The molecule has 0 heterocycles. The van der Waals surface area contributed by atoms with E-state index in [0.717, 1.165) is 17.8 Å². The van der Waals surface area contributed by atoms with Crippen molar-refractivity contribution >= 4 is 37.8 Å². The van der Waals surface area contributed by atoms with Crippen molar-refractivity contribution in [1.29, 1.82) is 0 Å². The summed E-state index contributed by atoms with van der Waals surface area (Å²) in [6.07, 6.45) is -3.76. The highest BCUT2D eigenvalue weighted by Crippen LogP contribution is 2.34. The summed E-state index contributed by atoms with van der Waals surface area (Å²) in [6.45, 7) is 4.20. The Hall–Kier alpha value is -0.560. The van der Waals surface area contributed by atoms with Gasteiger partial charge in [-0.05, 0) is 30.0 Å². The van der Waals surface area contributed by atoms with Gasteiger partial charge >= 0.3 is 6.18 Å². The van der Waals surface area contributed by atoms with Gasteiger partial charge in [0.15, 0.2) is 0 Å². The second kappa shape index (κ2) is 7.13. The Morgan fingerprint density at radius 1 is 1.29 bits per heavy atom. The highest BCUT2D eigenvalue weighted by molar-refractivity contribution is 9.10. The molecule has 7 heteroatoms. The van der Waals surface area contributed by atoms with Gasteiger partial charge in [0.2, 0.25) is 0 Å². The molecule has 0 spiro atoms. The van der Waals surface area contributed by atoms with E-state index in [1.165, 1.54) is 12.1 Å². The van der Waals surface area contributed by atoms with Gasteiger partial charge in [-0.1, -0.05) is 45.7 Å². The van der Waals surface area contributed by atoms with Crippen molar-refractivity contribution in [2.75, 3.05) is 11.9 Å². The highest BCUT2D eigenvalue weighted by atomic mass is 79.9. The quantitative estimate of drug-likeness (QED) is 0.653. The predicted molar refractivity (Wildman–Crippen MR) is 83.7 cm³/mol. The van der Waals surface area contributed by atoms with Gasteiger partial charge in [-0.3, -0.25) is 4.79 Å². The molecular formula is C14H16Br2F3NO. The molecule has 1 rings (SSSR count). The first-order chi connectivity index (χ1) is 9.57. The zero-order valence-electron chi connectivity index (χ0n) is 11.7. The second-order valence-electron chi connectivity index (χ2n) is 5.47. The summed E-state index contributed by atoms with van der Waals surface area (Å²) in [5.74, 6) is -0.711. The Morgan fingerprint density at radius 2 is 1.90 bits per heavy atom. The fourth-order valence-corrected chi connectivity index (χ4v) is 3.14. The van der Waals surface area contributed by atoms with E-state index in [1.54, 1.807) is 0 Å². The number of rotatable bonds is 5. The van der Waals surface area contributed by atoms with E-state index in [1.807, 2.05) is 13.8 Å². The van der Waals surface area contributed by atoms with E-state index in [0.29, 0.717) is 6.54 Å². The van der Waals surface area contributed by atoms with Gasteiger partial charge in [0.1, 0.15) is 0 Å². The molecule has 0 aliphatic heterocycles. The average molecular weight is 431 g/mol. The number of alkyl halides is 4. The number of amides is 1. The summed E-state index contributed by atoms with van der Waals surface area (Å²) >= 11 is 6.31. The zero-order chi connectivity index (χ0) is 16.3. The topological polar surface area (TPSA) is 29.1 Å². The van der Waals surface area contributed by atoms with E-state index in [4.69, 9.17) is 0 Å². The molecule has 0 unspecified atom stereocenters. The van der Waals surface area contributed by atoms with Crippen molar-refractivity contribution in [2.24, 2.45) is 5.41 Å². The van der Waals surface area contributed by atoms with Gasteiger partial charge in [0.25, 0.3) is 5.91 Å². The van der Waals surface area contributed by atoms with E-state index in [-0.39, 0.29) is 15.5 Å². The number of benzene rings is 1. The zero-order valence-corrected chi connectivity index (χ0v) is 14.8. The van der Waals surface area contributed by atoms with E-state index in [2.05, 4.69) is 37.2 Å². The van der Waals surface area contributed by atoms with Crippen LogP contribution in [0.5, 0.6) is 0 Å². The van der Waals surface area contributed by atoms with Crippen molar-refractivity contribution in [3.8, 4) is 0 Å². The Bertz CT molecular complexity index is 515. The third-order valence-corrected chi connectivity index (χ3v) is 3.92. The molecule has 0 aromatic heterocycles. The molecule has 0 radical (unpaired) electrons. The highest BCUT2D eigenvalue weighted by Gasteiger charge is 2.35. The van der Waals surface area contributed by atoms with Crippen LogP contribution in [0.15, 0.2) is 22.7 Å². The summed E-state index contributed by atoms with van der Waals surface area (Å²) in [5.41, 5.74) is -1.49. The van der Waals surface area contributed by atoms with Crippen LogP contribution in [0.2, 0.25) is 0 Å². The van der Waals surface area contributed by atoms with Gasteiger partial charge in [-0.2, -0.15) is 13.2 Å². The van der Waals surface area contributed by atoms with Crippen LogP contribution < -0.4 is 5.32 Å². The molecular weight excluding hydrogens is 415 g/mol. The molecule has 1 N–H and O–H groups in total. The maximum atomic E-state index is 13.0. The van der Waals surface area contributed by atoms with Crippen LogP contribution in [0, 0.1) is 5.41 Å². The smallest absolute Gasteiger partial charge is 0.351 e. The lowest BCUT2D eigenvalue weighted by Crippen LogP contribution is -2.35. The number of hydrogen-bond acceptors (Lipinski definition) is 1. The minimum absolute atomic E-state index is 0.188. The summed E-state index contributed by atoms with van der Waals surface area (Å²) in [7, 11) is 0. The van der Waals surface area contributed by atoms with Crippen LogP contribution in [-0.2, 0) is 6.18 Å². The molecule has 2 nitrogen and oxygen atoms in total. The van der Waals surface area contributed by atoms with Crippen molar-refractivity contribution in [3.05, 3.63) is 33.8 Å². The van der Waals surface area contributed by atoms with Crippen LogP contribution in [0.1, 0.15) is 36.2 Å². The largest absolute Gasteiger partial charge is 0.417 e. The van der Waals surface area contributed by atoms with Crippen LogP contribution in [-0.4, -0.2) is 17.8 Å². The van der Waals surface area contributed by atoms with Gasteiger partial charge in [0, 0.05) is 16.3 Å². The molecule has 1 amide bonds. The van der Waals surface area contributed by atoms with Crippen molar-refractivity contribution < 1.29 is 18.0 Å². The first-order valence-corrected chi connectivity index (χ1v) is 8.19. The van der Waals surface area contributed by atoms with Crippen molar-refractivity contribution in [2.45, 2.75) is 26.4 Å². The Morgan fingerprint density at radius 3 is 2.43 bits per heavy atom. The van der Waals surface area contributed by atoms with E-state index < -0.39 is 17.6 Å². The minimum Gasteiger partial charge on any atom is -0.351 e. The lowest BCUT2D eigenvalue weighted by atomic mass is 9.90. The third kappa shape index (κ3) is 5.62. The number of hydrogen-bond donors (Lipinski definition) is 1. The number of carbonyl (C=O) groups is 1. The fraction of sp³-hybridized carbons (Fsp3) is 0.500. The van der Waals surface area contributed by atoms with Crippen LogP contribution in [0.4, 0.5) is 13.2 Å². The van der Waals surface area contributed by atoms with Gasteiger partial charge in [-0.25, -0.2) is 0 Å². The Kier molecular flexibility index (Phi) is 6.28. The maximum Gasteiger partial charge on any atom is 0.417 e. The molecule has 21 heavy (non-hydrogen) atoms. The first-order valence-electron chi connectivity index (χ1n) is 6.28. The predicted octanol–water partition coefficient (Wildman–Crippen LogP) is 5.01. The van der Waals surface area contributed by atoms with Crippen LogP contribution >= 0.6 is 31.9 Å². The molecule has 0 bridgehead atoms. The Balaban J connectivity index is 2.93. The Labute approximate surface area is 138 Å². The lowest BCUT2D eigenvalue weighted by molar-refractivity contribution is -0.138. The molecule has 118 valence electrons. The first kappa shape index (κ1) is 18.5. The SMILES string of the molecule is CC(C)(CCBr)CNC(=O)c1ccc(Br)cc1C(F)(F)F. The molecule has 0 aliphatic rings. The van der Waals surface area contributed by atoms with Crippen molar-refractivity contribution in [1.82, 2.24) is 5.32 Å². The van der Waals surface area contributed by atoms with E-state index in [9.17, 15) is 18.0 Å². The average Bonchev–Trinajstić information content (AvgIpc) is 2.35.